The molecule has 0 aromatic heterocycles. The Morgan fingerprint density at radius 1 is 1.29 bits per heavy atom. The summed E-state index contributed by atoms with van der Waals surface area (Å²) >= 11 is 0. The van der Waals surface area contributed by atoms with Crippen LogP contribution in [0, 0.1) is 0 Å². The number of hydrogen-bond acceptors (Lipinski definition) is 3. The molecule has 5 nitrogen and oxygen atoms in total. The van der Waals surface area contributed by atoms with Crippen LogP contribution in [0.4, 0.5) is 0 Å². The minimum absolute atomic E-state index is 0.151. The van der Waals surface area contributed by atoms with Gasteiger partial charge in [0, 0.05) is 0 Å². The van der Waals surface area contributed by atoms with Crippen LogP contribution in [0.15, 0.2) is 30.3 Å². The van der Waals surface area contributed by atoms with Crippen LogP contribution < -0.4 is 11.1 Å². The number of amides is 2. The van der Waals surface area contributed by atoms with Crippen LogP contribution >= 0.6 is 0 Å². The molecule has 89 valence electrons. The molecular formula is C12H13N2O3. The zero-order valence-corrected chi connectivity index (χ0v) is 9.18. The maximum absolute atomic E-state index is 11.5. The quantitative estimate of drug-likeness (QED) is 0.706. The zero-order valence-electron chi connectivity index (χ0n) is 9.18. The minimum Gasteiger partial charge on any atom is -0.370 e. The highest BCUT2D eigenvalue weighted by Crippen LogP contribution is 1.99. The first kappa shape index (κ1) is 12.9. The molecule has 1 aromatic rings. The van der Waals surface area contributed by atoms with Crippen molar-refractivity contribution in [2.45, 2.75) is 18.9 Å². The third-order valence-electron chi connectivity index (χ3n) is 2.09. The van der Waals surface area contributed by atoms with Crippen molar-refractivity contribution in [1.29, 1.82) is 0 Å². The maximum Gasteiger partial charge on any atom is 0.225 e. The Balaban J connectivity index is 2.48. The number of benzene rings is 1. The summed E-state index contributed by atoms with van der Waals surface area (Å²) in [4.78, 5) is 32.6. The van der Waals surface area contributed by atoms with Crippen molar-refractivity contribution in [3.05, 3.63) is 35.9 Å². The molecule has 1 atom stereocenters. The highest BCUT2D eigenvalue weighted by molar-refractivity contribution is 5.85. The Labute approximate surface area is 99.0 Å². The van der Waals surface area contributed by atoms with Gasteiger partial charge in [-0.15, -0.1) is 0 Å². The van der Waals surface area contributed by atoms with Gasteiger partial charge in [0.1, 0.15) is 6.04 Å². The van der Waals surface area contributed by atoms with E-state index in [1.807, 2.05) is 18.2 Å². The van der Waals surface area contributed by atoms with Gasteiger partial charge in [-0.1, -0.05) is 30.3 Å². The van der Waals surface area contributed by atoms with Crippen LogP contribution in [0.5, 0.6) is 0 Å². The van der Waals surface area contributed by atoms with Gasteiger partial charge in [0.2, 0.25) is 18.1 Å². The molecule has 0 fully saturated rings. The van der Waals surface area contributed by atoms with E-state index in [1.165, 1.54) is 0 Å². The standard InChI is InChI=1S/C12H13N2O3/c13-11(16)7-10(8-15)14-12(17)6-9-4-2-1-3-5-9/h1-5,10H,6-7H2,(H2,13,16)(H,14,17)/t10-/m1/s1. The first-order chi connectivity index (χ1) is 8.11. The third-order valence-corrected chi connectivity index (χ3v) is 2.09. The van der Waals surface area contributed by atoms with Crippen molar-refractivity contribution in [1.82, 2.24) is 5.32 Å². The summed E-state index contributed by atoms with van der Waals surface area (Å²) in [5.74, 6) is -0.996. The number of primary amides is 1. The van der Waals surface area contributed by atoms with Crippen LogP contribution in [0.25, 0.3) is 0 Å². The predicted octanol–water partition coefficient (Wildman–Crippen LogP) is -0.301. The topological polar surface area (TPSA) is 89.3 Å². The van der Waals surface area contributed by atoms with E-state index in [1.54, 1.807) is 18.4 Å². The van der Waals surface area contributed by atoms with Gasteiger partial charge in [-0.25, -0.2) is 0 Å². The second kappa shape index (κ2) is 6.42. The molecule has 0 bridgehead atoms. The Morgan fingerprint density at radius 3 is 2.47 bits per heavy atom. The van der Waals surface area contributed by atoms with Gasteiger partial charge in [0.25, 0.3) is 0 Å². The van der Waals surface area contributed by atoms with E-state index in [9.17, 15) is 14.4 Å². The van der Waals surface area contributed by atoms with Crippen molar-refractivity contribution < 1.29 is 14.4 Å². The van der Waals surface area contributed by atoms with Gasteiger partial charge in [0.05, 0.1) is 12.8 Å². The van der Waals surface area contributed by atoms with E-state index in [-0.39, 0.29) is 18.7 Å². The molecule has 0 aliphatic carbocycles. The van der Waals surface area contributed by atoms with E-state index < -0.39 is 11.9 Å². The molecule has 0 aliphatic rings. The number of nitrogens with two attached hydrogens (primary N) is 1. The fourth-order valence-corrected chi connectivity index (χ4v) is 1.35. The molecule has 1 aromatic carbocycles. The summed E-state index contributed by atoms with van der Waals surface area (Å²) in [5.41, 5.74) is 5.76. The lowest BCUT2D eigenvalue weighted by atomic mass is 10.1. The molecule has 0 spiro atoms. The normalized spacial score (nSPS) is 11.5. The molecule has 0 saturated heterocycles. The van der Waals surface area contributed by atoms with Gasteiger partial charge in [0.15, 0.2) is 0 Å². The van der Waals surface area contributed by atoms with Crippen LogP contribution in [0.2, 0.25) is 0 Å². The molecule has 5 heteroatoms. The SMILES string of the molecule is NC(=O)C[C@H]([C]=O)NC(=O)Cc1ccccc1. The lowest BCUT2D eigenvalue weighted by Crippen LogP contribution is -2.39. The lowest BCUT2D eigenvalue weighted by molar-refractivity contribution is -0.121. The van der Waals surface area contributed by atoms with Crippen LogP contribution in [-0.2, 0) is 20.8 Å². The Bertz CT molecular complexity index is 403. The summed E-state index contributed by atoms with van der Waals surface area (Å²) in [6, 6.07) is 8.10. The summed E-state index contributed by atoms with van der Waals surface area (Å²) in [6.45, 7) is 0. The van der Waals surface area contributed by atoms with Gasteiger partial charge < -0.3 is 11.1 Å². The Kier molecular flexibility index (Phi) is 4.87. The summed E-state index contributed by atoms with van der Waals surface area (Å²) in [5, 5.41) is 2.38. The molecule has 0 aliphatic heterocycles. The second-order valence-electron chi connectivity index (χ2n) is 3.57. The van der Waals surface area contributed by atoms with Crippen molar-refractivity contribution >= 4 is 18.1 Å². The smallest absolute Gasteiger partial charge is 0.225 e. The van der Waals surface area contributed by atoms with Crippen molar-refractivity contribution in [2.24, 2.45) is 5.73 Å². The molecule has 2 amide bonds. The summed E-state index contributed by atoms with van der Waals surface area (Å²) < 4.78 is 0. The molecule has 0 unspecified atom stereocenters. The highest BCUT2D eigenvalue weighted by atomic mass is 16.2. The van der Waals surface area contributed by atoms with Crippen molar-refractivity contribution in [3.8, 4) is 0 Å². The molecular weight excluding hydrogens is 220 g/mol. The maximum atomic E-state index is 11.5. The van der Waals surface area contributed by atoms with Gasteiger partial charge in [-0.3, -0.25) is 14.4 Å². The third kappa shape index (κ3) is 4.92. The van der Waals surface area contributed by atoms with E-state index >= 15 is 0 Å². The Hall–Kier alpha value is -2.17. The van der Waals surface area contributed by atoms with E-state index in [4.69, 9.17) is 5.73 Å². The second-order valence-corrected chi connectivity index (χ2v) is 3.57. The van der Waals surface area contributed by atoms with E-state index in [2.05, 4.69) is 5.32 Å². The number of nitrogens with one attached hydrogen (secondary N) is 1. The molecule has 3 N–H and O–H groups in total. The molecule has 0 heterocycles. The van der Waals surface area contributed by atoms with E-state index in [0.29, 0.717) is 0 Å². The fraction of sp³-hybridized carbons (Fsp3) is 0.250. The van der Waals surface area contributed by atoms with Gasteiger partial charge in [-0.2, -0.15) is 0 Å². The largest absolute Gasteiger partial charge is 0.370 e. The first-order valence-corrected chi connectivity index (χ1v) is 5.11. The number of carbonyl (C=O) groups is 2. The van der Waals surface area contributed by atoms with Gasteiger partial charge in [-0.05, 0) is 5.56 Å². The molecule has 1 rings (SSSR count). The van der Waals surface area contributed by atoms with Crippen LogP contribution in [0.1, 0.15) is 12.0 Å². The number of rotatable bonds is 6. The van der Waals surface area contributed by atoms with Crippen molar-refractivity contribution in [3.63, 3.8) is 0 Å². The molecule has 17 heavy (non-hydrogen) atoms. The van der Waals surface area contributed by atoms with Gasteiger partial charge >= 0.3 is 0 Å². The highest BCUT2D eigenvalue weighted by Gasteiger charge is 2.14. The average Bonchev–Trinajstić information content (AvgIpc) is 2.28. The average molecular weight is 233 g/mol. The minimum atomic E-state index is -0.969. The summed E-state index contributed by atoms with van der Waals surface area (Å²) in [6.07, 6.45) is 1.49. The first-order valence-electron chi connectivity index (χ1n) is 5.11. The predicted molar refractivity (Wildman–Crippen MR) is 61.6 cm³/mol. The monoisotopic (exact) mass is 233 g/mol. The van der Waals surface area contributed by atoms with Crippen LogP contribution in [0.3, 0.4) is 0 Å². The lowest BCUT2D eigenvalue weighted by Gasteiger charge is -2.09. The summed E-state index contributed by atoms with van der Waals surface area (Å²) in [7, 11) is 0. The number of hydrogen-bond donors (Lipinski definition) is 2. The van der Waals surface area contributed by atoms with Crippen LogP contribution in [-0.4, -0.2) is 24.1 Å². The number of carbonyl (C=O) groups excluding carboxylic acids is 3. The zero-order chi connectivity index (χ0) is 12.7. The molecule has 0 saturated carbocycles. The molecule has 1 radical (unpaired) electrons. The van der Waals surface area contributed by atoms with E-state index in [0.717, 1.165) is 5.56 Å². The Morgan fingerprint density at radius 2 is 1.94 bits per heavy atom. The van der Waals surface area contributed by atoms with Crippen molar-refractivity contribution in [2.75, 3.05) is 0 Å². The fourth-order valence-electron chi connectivity index (χ4n) is 1.35.